The zero-order valence-corrected chi connectivity index (χ0v) is 21.3. The van der Waals surface area contributed by atoms with Crippen LogP contribution in [0.15, 0.2) is 79.0 Å². The molecule has 6 heteroatoms. The van der Waals surface area contributed by atoms with Crippen molar-refractivity contribution in [1.29, 1.82) is 0 Å². The van der Waals surface area contributed by atoms with E-state index in [-0.39, 0.29) is 12.1 Å². The van der Waals surface area contributed by atoms with Crippen LogP contribution in [0.2, 0.25) is 0 Å². The van der Waals surface area contributed by atoms with Gasteiger partial charge in [-0.15, -0.1) is 0 Å². The number of anilines is 1. The van der Waals surface area contributed by atoms with Crippen LogP contribution < -0.4 is 15.0 Å². The Bertz CT molecular complexity index is 1330. The van der Waals surface area contributed by atoms with Gasteiger partial charge in [-0.2, -0.15) is 0 Å². The van der Waals surface area contributed by atoms with Crippen LogP contribution in [0.1, 0.15) is 47.2 Å². The zero-order chi connectivity index (χ0) is 24.5. The molecule has 0 bridgehead atoms. The van der Waals surface area contributed by atoms with E-state index in [4.69, 9.17) is 17.0 Å². The summed E-state index contributed by atoms with van der Waals surface area (Å²) in [7, 11) is 0. The third kappa shape index (κ3) is 4.42. The Balaban J connectivity index is 1.52. The smallest absolute Gasteiger partial charge is 0.174 e. The highest BCUT2D eigenvalue weighted by atomic mass is 32.1. The Labute approximate surface area is 212 Å². The average molecular weight is 483 g/mol. The van der Waals surface area contributed by atoms with E-state index in [1.807, 2.05) is 54.7 Å². The van der Waals surface area contributed by atoms with E-state index in [0.717, 1.165) is 29.4 Å². The second-order valence-electron chi connectivity index (χ2n) is 8.98. The Kier molecular flexibility index (Phi) is 6.31. The molecule has 1 N–H and O–H groups in total. The fourth-order valence-corrected chi connectivity index (χ4v) is 5.33. The normalized spacial score (nSPS) is 17.5. The number of aromatic nitrogens is 2. The minimum atomic E-state index is -0.0574. The molecule has 4 aromatic rings. The Morgan fingerprint density at radius 1 is 0.943 bits per heavy atom. The molecular weight excluding hydrogens is 452 g/mol. The molecule has 0 aliphatic carbocycles. The summed E-state index contributed by atoms with van der Waals surface area (Å²) in [5.74, 6) is 1.61. The van der Waals surface area contributed by atoms with Crippen molar-refractivity contribution in [2.24, 2.45) is 0 Å². The summed E-state index contributed by atoms with van der Waals surface area (Å²) in [6, 6.07) is 24.5. The van der Waals surface area contributed by atoms with Gasteiger partial charge in [0.2, 0.25) is 0 Å². The van der Waals surface area contributed by atoms with E-state index < -0.39 is 0 Å². The zero-order valence-electron chi connectivity index (χ0n) is 20.5. The standard InChI is InChI=1S/C29H30N4OS/c1-5-32-20(3)18-25(21(32)4)28-27(26-8-6-7-17-30-26)31-29(35)33(28)22-11-15-24(16-12-22)34-23-13-9-19(2)10-14-23/h6-18,27-28H,5H2,1-4H3,(H,31,35)/t27-,28-/m0/s1. The molecule has 0 spiro atoms. The highest BCUT2D eigenvalue weighted by Gasteiger charge is 2.42. The van der Waals surface area contributed by atoms with Crippen LogP contribution in [-0.4, -0.2) is 14.7 Å². The number of ether oxygens (including phenoxy) is 1. The molecule has 2 aromatic heterocycles. The number of rotatable bonds is 6. The number of pyridine rings is 1. The lowest BCUT2D eigenvalue weighted by atomic mass is 9.96. The molecule has 0 unspecified atom stereocenters. The second-order valence-corrected chi connectivity index (χ2v) is 9.36. The Morgan fingerprint density at radius 2 is 1.63 bits per heavy atom. The van der Waals surface area contributed by atoms with Crippen molar-refractivity contribution in [3.8, 4) is 11.5 Å². The number of hydrogen-bond donors (Lipinski definition) is 1. The Hall–Kier alpha value is -3.64. The number of nitrogens with zero attached hydrogens (tertiary/aromatic N) is 3. The molecule has 2 aromatic carbocycles. The van der Waals surface area contributed by atoms with Gasteiger partial charge in [0.15, 0.2) is 5.11 Å². The predicted molar refractivity (Wildman–Crippen MR) is 145 cm³/mol. The lowest BCUT2D eigenvalue weighted by Gasteiger charge is -2.28. The van der Waals surface area contributed by atoms with Crippen molar-refractivity contribution in [3.05, 3.63) is 107 Å². The molecule has 0 saturated carbocycles. The van der Waals surface area contributed by atoms with Crippen LogP contribution in [0.3, 0.4) is 0 Å². The molecule has 3 heterocycles. The molecule has 1 fully saturated rings. The first-order valence-electron chi connectivity index (χ1n) is 12.0. The number of aryl methyl sites for hydroxylation is 2. The van der Waals surface area contributed by atoms with Gasteiger partial charge in [0.05, 0.1) is 17.8 Å². The first-order chi connectivity index (χ1) is 17.0. The highest BCUT2D eigenvalue weighted by Crippen LogP contribution is 2.43. The fraction of sp³-hybridized carbons (Fsp3) is 0.241. The van der Waals surface area contributed by atoms with E-state index in [1.54, 1.807) is 0 Å². The molecule has 0 amide bonds. The van der Waals surface area contributed by atoms with Crippen LogP contribution >= 0.6 is 12.2 Å². The summed E-state index contributed by atoms with van der Waals surface area (Å²) in [6.45, 7) is 9.54. The van der Waals surface area contributed by atoms with Crippen molar-refractivity contribution in [2.45, 2.75) is 46.3 Å². The minimum absolute atomic E-state index is 0.0206. The first-order valence-corrected chi connectivity index (χ1v) is 12.4. The number of thiocarbonyl (C=S) groups is 1. The maximum absolute atomic E-state index is 6.05. The molecule has 5 rings (SSSR count). The lowest BCUT2D eigenvalue weighted by Crippen LogP contribution is -2.29. The average Bonchev–Trinajstić information content (AvgIpc) is 3.36. The molecule has 1 saturated heterocycles. The van der Waals surface area contributed by atoms with Crippen LogP contribution in [0.4, 0.5) is 5.69 Å². The fourth-order valence-electron chi connectivity index (χ4n) is 4.98. The van der Waals surface area contributed by atoms with E-state index >= 15 is 0 Å². The lowest BCUT2D eigenvalue weighted by molar-refractivity contribution is 0.482. The van der Waals surface area contributed by atoms with E-state index in [2.05, 4.69) is 71.7 Å². The van der Waals surface area contributed by atoms with Crippen molar-refractivity contribution in [2.75, 3.05) is 4.90 Å². The summed E-state index contributed by atoms with van der Waals surface area (Å²) >= 11 is 5.89. The van der Waals surface area contributed by atoms with Gasteiger partial charge in [0.1, 0.15) is 11.5 Å². The van der Waals surface area contributed by atoms with Gasteiger partial charge in [0, 0.05) is 29.8 Å². The summed E-state index contributed by atoms with van der Waals surface area (Å²) in [5, 5.41) is 4.25. The van der Waals surface area contributed by atoms with Gasteiger partial charge in [-0.3, -0.25) is 4.98 Å². The quantitative estimate of drug-likeness (QED) is 0.306. The van der Waals surface area contributed by atoms with Gasteiger partial charge in [-0.1, -0.05) is 23.8 Å². The van der Waals surface area contributed by atoms with Crippen LogP contribution in [-0.2, 0) is 6.54 Å². The van der Waals surface area contributed by atoms with Crippen molar-refractivity contribution in [1.82, 2.24) is 14.9 Å². The summed E-state index contributed by atoms with van der Waals surface area (Å²) in [4.78, 5) is 6.88. The maximum atomic E-state index is 6.05. The molecule has 1 aliphatic heterocycles. The van der Waals surface area contributed by atoms with Gasteiger partial charge < -0.3 is 19.5 Å². The SMILES string of the molecule is CCn1c(C)cc([C@H]2[C@H](c3ccccn3)NC(=S)N2c2ccc(Oc3ccc(C)cc3)cc2)c1C. The number of hydrogen-bond acceptors (Lipinski definition) is 3. The molecule has 0 radical (unpaired) electrons. The van der Waals surface area contributed by atoms with Gasteiger partial charge in [0.25, 0.3) is 0 Å². The molecule has 1 aliphatic rings. The molecule has 2 atom stereocenters. The number of nitrogens with one attached hydrogen (secondary N) is 1. The summed E-state index contributed by atoms with van der Waals surface area (Å²) in [6.07, 6.45) is 1.84. The van der Waals surface area contributed by atoms with E-state index in [1.165, 1.54) is 22.5 Å². The minimum Gasteiger partial charge on any atom is -0.457 e. The molecule has 178 valence electrons. The number of benzene rings is 2. The van der Waals surface area contributed by atoms with Crippen molar-refractivity contribution < 1.29 is 4.74 Å². The first kappa shape index (κ1) is 23.1. The molecular formula is C29H30N4OS. The van der Waals surface area contributed by atoms with Gasteiger partial charge >= 0.3 is 0 Å². The maximum Gasteiger partial charge on any atom is 0.174 e. The largest absolute Gasteiger partial charge is 0.457 e. The van der Waals surface area contributed by atoms with Crippen LogP contribution in [0.5, 0.6) is 11.5 Å². The third-order valence-corrected chi connectivity index (χ3v) is 7.03. The summed E-state index contributed by atoms with van der Waals surface area (Å²) in [5.41, 5.74) is 6.96. The van der Waals surface area contributed by atoms with Crippen LogP contribution in [0, 0.1) is 20.8 Å². The predicted octanol–water partition coefficient (Wildman–Crippen LogP) is 6.80. The van der Waals surface area contributed by atoms with E-state index in [9.17, 15) is 0 Å². The molecule has 35 heavy (non-hydrogen) atoms. The summed E-state index contributed by atoms with van der Waals surface area (Å²) < 4.78 is 8.40. The van der Waals surface area contributed by atoms with Crippen molar-refractivity contribution in [3.63, 3.8) is 0 Å². The van der Waals surface area contributed by atoms with Gasteiger partial charge in [-0.05, 0) is 100 Å². The Morgan fingerprint density at radius 3 is 2.23 bits per heavy atom. The molecule has 5 nitrogen and oxygen atoms in total. The third-order valence-electron chi connectivity index (χ3n) is 6.72. The monoisotopic (exact) mass is 482 g/mol. The van der Waals surface area contributed by atoms with Crippen LogP contribution in [0.25, 0.3) is 0 Å². The van der Waals surface area contributed by atoms with E-state index in [0.29, 0.717) is 5.11 Å². The topological polar surface area (TPSA) is 42.3 Å². The van der Waals surface area contributed by atoms with Crippen molar-refractivity contribution >= 4 is 23.0 Å². The van der Waals surface area contributed by atoms with Gasteiger partial charge in [-0.25, -0.2) is 0 Å². The second kappa shape index (κ2) is 9.55. The highest BCUT2D eigenvalue weighted by molar-refractivity contribution is 7.80.